The topological polar surface area (TPSA) is 107 Å². The molecular formula is C21H32N2O6. The van der Waals surface area contributed by atoms with E-state index in [-0.39, 0.29) is 12.5 Å². The van der Waals surface area contributed by atoms with Gasteiger partial charge in [-0.25, -0.2) is 0 Å². The smallest absolute Gasteiger partial charge is 0.310 e. The van der Waals surface area contributed by atoms with Crippen LogP contribution in [0, 0.1) is 11.8 Å². The summed E-state index contributed by atoms with van der Waals surface area (Å²) in [4.78, 5) is 42.2. The van der Waals surface area contributed by atoms with Gasteiger partial charge in [0, 0.05) is 13.1 Å². The first-order valence-corrected chi connectivity index (χ1v) is 10.4. The summed E-state index contributed by atoms with van der Waals surface area (Å²) in [5.41, 5.74) is -2.13. The Hall–Kier alpha value is -1.93. The van der Waals surface area contributed by atoms with Gasteiger partial charge in [-0.15, -0.1) is 6.58 Å². The molecule has 162 valence electrons. The molecule has 3 fully saturated rings. The number of ether oxygens (including phenoxy) is 1. The summed E-state index contributed by atoms with van der Waals surface area (Å²) in [6.45, 7) is 9.71. The lowest BCUT2D eigenvalue weighted by Gasteiger charge is -2.38. The number of aliphatic carboxylic acids is 1. The summed E-state index contributed by atoms with van der Waals surface area (Å²) in [6.07, 6.45) is 4.29. The monoisotopic (exact) mass is 408 g/mol. The number of rotatable bonds is 9. The van der Waals surface area contributed by atoms with Crippen molar-refractivity contribution in [1.29, 1.82) is 0 Å². The number of unbranched alkanes of at least 4 members (excludes halogenated alkanes) is 1. The number of carbonyl (C=O) groups is 3. The SMILES string of the molecule is C=CCN(CCCC)C(=O)C1N([C@H](C)CO)C(=O)[C@@H]2[C@H](C(=O)O)[C@]3(C)CCC12O3. The Morgan fingerprint density at radius 2 is 2.14 bits per heavy atom. The van der Waals surface area contributed by atoms with E-state index in [9.17, 15) is 24.6 Å². The van der Waals surface area contributed by atoms with E-state index in [0.29, 0.717) is 25.9 Å². The molecule has 3 saturated heterocycles. The van der Waals surface area contributed by atoms with Crippen molar-refractivity contribution in [2.75, 3.05) is 19.7 Å². The molecule has 8 nitrogen and oxygen atoms in total. The van der Waals surface area contributed by atoms with Crippen LogP contribution in [0.3, 0.4) is 0 Å². The average molecular weight is 408 g/mol. The van der Waals surface area contributed by atoms with Crippen LogP contribution in [0.4, 0.5) is 0 Å². The van der Waals surface area contributed by atoms with Crippen LogP contribution in [0.25, 0.3) is 0 Å². The second kappa shape index (κ2) is 7.72. The number of carboxylic acids is 1. The molecule has 3 aliphatic rings. The van der Waals surface area contributed by atoms with Gasteiger partial charge in [0.15, 0.2) is 0 Å². The van der Waals surface area contributed by atoms with Crippen LogP contribution in [0.1, 0.15) is 46.5 Å². The third-order valence-electron chi connectivity index (χ3n) is 6.90. The zero-order valence-corrected chi connectivity index (χ0v) is 17.5. The van der Waals surface area contributed by atoms with Crippen molar-refractivity contribution in [2.24, 2.45) is 11.8 Å². The molecule has 0 aromatic rings. The fraction of sp³-hybridized carbons (Fsp3) is 0.762. The highest BCUT2D eigenvalue weighted by Crippen LogP contribution is 2.63. The third-order valence-corrected chi connectivity index (χ3v) is 6.90. The zero-order valence-electron chi connectivity index (χ0n) is 17.5. The number of carboxylic acid groups (broad SMARTS) is 1. The largest absolute Gasteiger partial charge is 0.481 e. The highest BCUT2D eigenvalue weighted by Gasteiger charge is 2.78. The lowest BCUT2D eigenvalue weighted by Crippen LogP contribution is -2.58. The van der Waals surface area contributed by atoms with Gasteiger partial charge in [-0.05, 0) is 33.1 Å². The molecule has 8 heteroatoms. The first-order chi connectivity index (χ1) is 13.7. The lowest BCUT2D eigenvalue weighted by molar-refractivity contribution is -0.158. The summed E-state index contributed by atoms with van der Waals surface area (Å²) in [5.74, 6) is -3.66. The molecule has 1 spiro atoms. The van der Waals surface area contributed by atoms with E-state index in [2.05, 4.69) is 6.58 Å². The van der Waals surface area contributed by atoms with Crippen LogP contribution in [0.5, 0.6) is 0 Å². The summed E-state index contributed by atoms with van der Waals surface area (Å²) >= 11 is 0. The second-order valence-corrected chi connectivity index (χ2v) is 8.77. The molecule has 0 radical (unpaired) electrons. The molecule has 6 atom stereocenters. The van der Waals surface area contributed by atoms with Gasteiger partial charge in [0.2, 0.25) is 11.8 Å². The average Bonchev–Trinajstić information content (AvgIpc) is 3.24. The number of carbonyl (C=O) groups excluding carboxylic acids is 2. The van der Waals surface area contributed by atoms with E-state index >= 15 is 0 Å². The van der Waals surface area contributed by atoms with Crippen LogP contribution < -0.4 is 0 Å². The van der Waals surface area contributed by atoms with Gasteiger partial charge in [-0.3, -0.25) is 14.4 Å². The Balaban J connectivity index is 2.07. The summed E-state index contributed by atoms with van der Waals surface area (Å²) in [5, 5.41) is 19.6. The van der Waals surface area contributed by atoms with E-state index in [4.69, 9.17) is 4.74 Å². The summed E-state index contributed by atoms with van der Waals surface area (Å²) in [7, 11) is 0. The van der Waals surface area contributed by atoms with Gasteiger partial charge in [0.05, 0.1) is 30.1 Å². The molecule has 29 heavy (non-hydrogen) atoms. The van der Waals surface area contributed by atoms with E-state index < -0.39 is 47.0 Å². The van der Waals surface area contributed by atoms with Crippen LogP contribution >= 0.6 is 0 Å². The molecule has 3 aliphatic heterocycles. The predicted molar refractivity (Wildman–Crippen MR) is 105 cm³/mol. The summed E-state index contributed by atoms with van der Waals surface area (Å²) < 4.78 is 6.31. The van der Waals surface area contributed by atoms with Crippen LogP contribution in [0.2, 0.25) is 0 Å². The van der Waals surface area contributed by atoms with Crippen molar-refractivity contribution in [3.8, 4) is 0 Å². The Morgan fingerprint density at radius 1 is 1.45 bits per heavy atom. The van der Waals surface area contributed by atoms with Crippen LogP contribution in [-0.4, -0.2) is 80.8 Å². The highest BCUT2D eigenvalue weighted by molar-refractivity contribution is 5.98. The molecule has 2 unspecified atom stereocenters. The van der Waals surface area contributed by atoms with Crippen LogP contribution in [-0.2, 0) is 19.1 Å². The number of likely N-dealkylation sites (tertiary alicyclic amines) is 1. The molecular weight excluding hydrogens is 376 g/mol. The van der Waals surface area contributed by atoms with Crippen molar-refractivity contribution in [2.45, 2.75) is 69.7 Å². The molecule has 3 rings (SSSR count). The quantitative estimate of drug-likeness (QED) is 0.552. The maximum absolute atomic E-state index is 13.7. The van der Waals surface area contributed by atoms with E-state index in [1.165, 1.54) is 4.90 Å². The maximum atomic E-state index is 13.7. The minimum Gasteiger partial charge on any atom is -0.481 e. The van der Waals surface area contributed by atoms with Gasteiger partial charge in [-0.2, -0.15) is 0 Å². The minimum absolute atomic E-state index is 0.259. The van der Waals surface area contributed by atoms with E-state index in [1.54, 1.807) is 24.8 Å². The van der Waals surface area contributed by atoms with Crippen molar-refractivity contribution < 1.29 is 29.3 Å². The zero-order chi connectivity index (χ0) is 21.6. The van der Waals surface area contributed by atoms with Gasteiger partial charge in [-0.1, -0.05) is 19.4 Å². The normalized spacial score (nSPS) is 36.2. The van der Waals surface area contributed by atoms with Crippen molar-refractivity contribution in [3.63, 3.8) is 0 Å². The first-order valence-electron chi connectivity index (χ1n) is 10.4. The third kappa shape index (κ3) is 3.08. The summed E-state index contributed by atoms with van der Waals surface area (Å²) in [6, 6.07) is -1.55. The molecule has 3 heterocycles. The fourth-order valence-electron chi connectivity index (χ4n) is 5.55. The Morgan fingerprint density at radius 3 is 2.69 bits per heavy atom. The number of hydrogen-bond donors (Lipinski definition) is 2. The highest BCUT2D eigenvalue weighted by atomic mass is 16.5. The molecule has 2 bridgehead atoms. The number of nitrogens with zero attached hydrogens (tertiary/aromatic N) is 2. The number of fused-ring (bicyclic) bond motifs is 1. The van der Waals surface area contributed by atoms with E-state index in [1.807, 2.05) is 6.92 Å². The van der Waals surface area contributed by atoms with Crippen LogP contribution in [0.15, 0.2) is 12.7 Å². The Kier molecular flexibility index (Phi) is 5.80. The van der Waals surface area contributed by atoms with Gasteiger partial charge >= 0.3 is 5.97 Å². The molecule has 2 amide bonds. The van der Waals surface area contributed by atoms with Crippen molar-refractivity contribution in [3.05, 3.63) is 12.7 Å². The molecule has 0 aromatic heterocycles. The van der Waals surface area contributed by atoms with Crippen molar-refractivity contribution in [1.82, 2.24) is 9.80 Å². The number of aliphatic hydroxyl groups is 1. The lowest BCUT2D eigenvalue weighted by atomic mass is 9.66. The van der Waals surface area contributed by atoms with Crippen molar-refractivity contribution >= 4 is 17.8 Å². The van der Waals surface area contributed by atoms with Gasteiger partial charge < -0.3 is 24.7 Å². The minimum atomic E-state index is -1.17. The number of amides is 2. The molecule has 0 aliphatic carbocycles. The maximum Gasteiger partial charge on any atom is 0.310 e. The molecule has 0 aromatic carbocycles. The second-order valence-electron chi connectivity index (χ2n) is 8.77. The molecule has 0 saturated carbocycles. The van der Waals surface area contributed by atoms with Gasteiger partial charge in [0.25, 0.3) is 0 Å². The number of hydrogen-bond acceptors (Lipinski definition) is 5. The predicted octanol–water partition coefficient (Wildman–Crippen LogP) is 1.03. The molecule has 2 N–H and O–H groups in total. The fourth-order valence-corrected chi connectivity index (χ4v) is 5.55. The standard InChI is InChI=1S/C21H32N2O6/c1-5-7-11-22(10-6-2)18(26)16-21-9-8-20(4,29-21)15(19(27)28)14(21)17(25)23(16)13(3)12-24/h6,13-16,24H,2,5,7-12H2,1,3-4H3,(H,27,28)/t13-,14+,15-,16?,20+,21?/m1/s1. The Bertz CT molecular complexity index is 711. The Labute approximate surface area is 171 Å². The first kappa shape index (κ1) is 21.8. The van der Waals surface area contributed by atoms with Gasteiger partial charge in [0.1, 0.15) is 11.6 Å². The van der Waals surface area contributed by atoms with E-state index in [0.717, 1.165) is 12.8 Å². The number of aliphatic hydroxyl groups excluding tert-OH is 1.